The Hall–Kier alpha value is -2.32. The predicted octanol–water partition coefficient (Wildman–Crippen LogP) is 2.07. The lowest BCUT2D eigenvalue weighted by Gasteiger charge is -2.17. The van der Waals surface area contributed by atoms with Crippen LogP contribution in [0.4, 0.5) is 8.78 Å². The Labute approximate surface area is 132 Å². The van der Waals surface area contributed by atoms with E-state index in [4.69, 9.17) is 0 Å². The Bertz CT molecular complexity index is 811. The highest BCUT2D eigenvalue weighted by molar-refractivity contribution is 7.87. The van der Waals surface area contributed by atoms with Gasteiger partial charge in [0.2, 0.25) is 0 Å². The maximum Gasteiger partial charge on any atom is 0.304 e. The quantitative estimate of drug-likeness (QED) is 0.906. The maximum absolute atomic E-state index is 13.1. The molecule has 23 heavy (non-hydrogen) atoms. The average Bonchev–Trinajstić information content (AvgIpc) is 2.50. The average molecular weight is 340 g/mol. The molecule has 0 aliphatic rings. The van der Waals surface area contributed by atoms with Gasteiger partial charge in [-0.3, -0.25) is 4.79 Å². The van der Waals surface area contributed by atoms with Crippen LogP contribution >= 0.6 is 0 Å². The predicted molar refractivity (Wildman–Crippen MR) is 80.7 cm³/mol. The van der Waals surface area contributed by atoms with E-state index in [2.05, 4.69) is 0 Å². The zero-order valence-electron chi connectivity index (χ0n) is 12.2. The molecule has 0 fully saturated rings. The molecule has 2 rings (SSSR count). The molecule has 1 amide bonds. The fourth-order valence-corrected chi connectivity index (χ4v) is 2.64. The van der Waals surface area contributed by atoms with Crippen molar-refractivity contribution in [3.05, 3.63) is 71.3 Å². The zero-order chi connectivity index (χ0) is 17.0. The monoisotopic (exact) mass is 340 g/mol. The van der Waals surface area contributed by atoms with Crippen molar-refractivity contribution in [3.63, 3.8) is 0 Å². The van der Waals surface area contributed by atoms with Crippen molar-refractivity contribution in [2.75, 3.05) is 7.05 Å². The van der Waals surface area contributed by atoms with Gasteiger partial charge in [-0.1, -0.05) is 30.3 Å². The highest BCUT2D eigenvalue weighted by Crippen LogP contribution is 2.10. The van der Waals surface area contributed by atoms with Gasteiger partial charge in [0.25, 0.3) is 5.91 Å². The van der Waals surface area contributed by atoms with Crippen LogP contribution in [0.5, 0.6) is 0 Å². The number of benzene rings is 2. The number of amides is 1. The summed E-state index contributed by atoms with van der Waals surface area (Å²) in [6.07, 6.45) is 0. The Balaban J connectivity index is 2.10. The van der Waals surface area contributed by atoms with Gasteiger partial charge in [0.1, 0.15) is 0 Å². The molecule has 0 bridgehead atoms. The molecule has 0 unspecified atom stereocenters. The summed E-state index contributed by atoms with van der Waals surface area (Å²) < 4.78 is 52.9. The van der Waals surface area contributed by atoms with Crippen LogP contribution in [0, 0.1) is 11.6 Å². The standard InChI is InChI=1S/C15H14F2N2O3S/c1-19(10-11-5-3-2-4-6-11)23(21,22)18-15(20)12-7-8-13(16)14(17)9-12/h2-9H,10H2,1H3,(H,18,20). The minimum absolute atomic E-state index is 0.0568. The minimum Gasteiger partial charge on any atom is -0.268 e. The second-order valence-electron chi connectivity index (χ2n) is 4.81. The fourth-order valence-electron chi connectivity index (χ4n) is 1.82. The van der Waals surface area contributed by atoms with Gasteiger partial charge >= 0.3 is 10.2 Å². The number of hydrogen-bond donors (Lipinski definition) is 1. The van der Waals surface area contributed by atoms with Crippen LogP contribution in [0.1, 0.15) is 15.9 Å². The van der Waals surface area contributed by atoms with Crippen LogP contribution in [0.2, 0.25) is 0 Å². The van der Waals surface area contributed by atoms with Gasteiger partial charge in [-0.05, 0) is 23.8 Å². The van der Waals surface area contributed by atoms with Crippen LogP contribution in [-0.2, 0) is 16.8 Å². The third kappa shape index (κ3) is 4.33. The van der Waals surface area contributed by atoms with Crippen molar-refractivity contribution in [1.29, 1.82) is 0 Å². The SMILES string of the molecule is CN(Cc1ccccc1)S(=O)(=O)NC(=O)c1ccc(F)c(F)c1. The van der Waals surface area contributed by atoms with Crippen LogP contribution in [-0.4, -0.2) is 25.7 Å². The van der Waals surface area contributed by atoms with E-state index in [0.29, 0.717) is 6.07 Å². The van der Waals surface area contributed by atoms with E-state index in [-0.39, 0.29) is 12.1 Å². The van der Waals surface area contributed by atoms with Gasteiger partial charge in [-0.15, -0.1) is 0 Å². The van der Waals surface area contributed by atoms with Crippen LogP contribution < -0.4 is 4.72 Å². The summed E-state index contributed by atoms with van der Waals surface area (Å²) in [5.41, 5.74) is 0.446. The molecule has 2 aromatic carbocycles. The molecule has 2 aromatic rings. The molecule has 5 nitrogen and oxygen atoms in total. The van der Waals surface area contributed by atoms with E-state index in [1.165, 1.54) is 7.05 Å². The van der Waals surface area contributed by atoms with E-state index in [1.807, 2.05) is 4.72 Å². The van der Waals surface area contributed by atoms with Crippen molar-refractivity contribution in [2.24, 2.45) is 0 Å². The van der Waals surface area contributed by atoms with Crippen molar-refractivity contribution in [1.82, 2.24) is 9.03 Å². The summed E-state index contributed by atoms with van der Waals surface area (Å²) >= 11 is 0. The molecule has 0 aliphatic heterocycles. The summed E-state index contributed by atoms with van der Waals surface area (Å²) in [4.78, 5) is 11.9. The summed E-state index contributed by atoms with van der Waals surface area (Å²) in [6.45, 7) is 0.0568. The lowest BCUT2D eigenvalue weighted by molar-refractivity contribution is 0.0978. The second-order valence-corrected chi connectivity index (χ2v) is 6.58. The van der Waals surface area contributed by atoms with Gasteiger partial charge in [-0.25, -0.2) is 13.5 Å². The number of halogens is 2. The van der Waals surface area contributed by atoms with E-state index in [9.17, 15) is 22.0 Å². The molecule has 1 N–H and O–H groups in total. The van der Waals surface area contributed by atoms with Gasteiger partial charge in [0.05, 0.1) is 0 Å². The molecule has 0 saturated heterocycles. The molecule has 122 valence electrons. The minimum atomic E-state index is -4.11. The number of carbonyl (C=O) groups excluding carboxylic acids is 1. The fraction of sp³-hybridized carbons (Fsp3) is 0.133. The molecule has 0 spiro atoms. The summed E-state index contributed by atoms with van der Waals surface area (Å²) in [7, 11) is -2.81. The zero-order valence-corrected chi connectivity index (χ0v) is 13.0. The normalized spacial score (nSPS) is 11.5. The lowest BCUT2D eigenvalue weighted by atomic mass is 10.2. The Morgan fingerprint density at radius 2 is 1.74 bits per heavy atom. The van der Waals surface area contributed by atoms with Crippen molar-refractivity contribution >= 4 is 16.1 Å². The molecule has 0 radical (unpaired) electrons. The summed E-state index contributed by atoms with van der Waals surface area (Å²) in [6, 6.07) is 11.2. The van der Waals surface area contributed by atoms with Gasteiger partial charge in [-0.2, -0.15) is 12.7 Å². The number of nitrogens with one attached hydrogen (secondary N) is 1. The van der Waals surface area contributed by atoms with Gasteiger partial charge in [0.15, 0.2) is 11.6 Å². The van der Waals surface area contributed by atoms with E-state index in [1.54, 1.807) is 30.3 Å². The Morgan fingerprint density at radius 1 is 1.09 bits per heavy atom. The van der Waals surface area contributed by atoms with Crippen LogP contribution in [0.25, 0.3) is 0 Å². The first-order valence-electron chi connectivity index (χ1n) is 6.57. The number of hydrogen-bond acceptors (Lipinski definition) is 3. The molecule has 0 saturated carbocycles. The van der Waals surface area contributed by atoms with Gasteiger partial charge < -0.3 is 0 Å². The number of carbonyl (C=O) groups is 1. The smallest absolute Gasteiger partial charge is 0.268 e. The topological polar surface area (TPSA) is 66.5 Å². The Morgan fingerprint density at radius 3 is 2.35 bits per heavy atom. The lowest BCUT2D eigenvalue weighted by Crippen LogP contribution is -2.41. The van der Waals surface area contributed by atoms with Crippen molar-refractivity contribution in [2.45, 2.75) is 6.54 Å². The van der Waals surface area contributed by atoms with Crippen molar-refractivity contribution < 1.29 is 22.0 Å². The third-order valence-corrected chi connectivity index (χ3v) is 4.45. The molecular weight excluding hydrogens is 326 g/mol. The van der Waals surface area contributed by atoms with Crippen LogP contribution in [0.3, 0.4) is 0 Å². The first-order chi connectivity index (χ1) is 10.8. The highest BCUT2D eigenvalue weighted by atomic mass is 32.2. The third-order valence-electron chi connectivity index (χ3n) is 3.06. The second kappa shape index (κ2) is 6.84. The van der Waals surface area contributed by atoms with Crippen molar-refractivity contribution in [3.8, 4) is 0 Å². The number of rotatable bonds is 5. The molecule has 0 atom stereocenters. The summed E-state index contributed by atoms with van der Waals surface area (Å²) in [5, 5.41) is 0. The first-order valence-corrected chi connectivity index (χ1v) is 8.01. The van der Waals surface area contributed by atoms with E-state index in [0.717, 1.165) is 22.0 Å². The molecule has 8 heteroatoms. The summed E-state index contributed by atoms with van der Waals surface area (Å²) in [5.74, 6) is -3.39. The first kappa shape index (κ1) is 17.0. The maximum atomic E-state index is 13.1. The molecule has 0 heterocycles. The largest absolute Gasteiger partial charge is 0.304 e. The van der Waals surface area contributed by atoms with E-state index >= 15 is 0 Å². The van der Waals surface area contributed by atoms with Crippen LogP contribution in [0.15, 0.2) is 48.5 Å². The van der Waals surface area contributed by atoms with Gasteiger partial charge in [0, 0.05) is 19.2 Å². The highest BCUT2D eigenvalue weighted by Gasteiger charge is 2.22. The Kier molecular flexibility index (Phi) is 5.07. The molecule has 0 aliphatic carbocycles. The van der Waals surface area contributed by atoms with E-state index < -0.39 is 27.8 Å². The molecule has 0 aromatic heterocycles. The molecular formula is C15H14F2N2O3S. The number of nitrogens with zero attached hydrogens (tertiary/aromatic N) is 1.